The average molecular weight is 668 g/mol. The van der Waals surface area contributed by atoms with E-state index in [2.05, 4.69) is 38.7 Å². The molecule has 3 aliphatic rings. The SMILES string of the molecule is C=CCN1C(=O)[C@]2(O[C@H](CC(=O)N3CCC[C@H]3CO)[C@@H]([Si](C)(C)c3ccc(OC)cc3)[C@@H]2C)c2cc(N(C=O)c3ccccc3)ccc21. The monoisotopic (exact) mass is 667 g/mol. The van der Waals surface area contributed by atoms with Gasteiger partial charge in [0.1, 0.15) is 5.75 Å². The smallest absolute Gasteiger partial charge is 0.264 e. The molecule has 48 heavy (non-hydrogen) atoms. The molecule has 252 valence electrons. The van der Waals surface area contributed by atoms with Crippen molar-refractivity contribution in [3.8, 4) is 5.75 Å². The zero-order valence-electron chi connectivity index (χ0n) is 28.2. The van der Waals surface area contributed by atoms with Gasteiger partial charge in [-0.2, -0.15) is 0 Å². The number of ether oxygens (including phenoxy) is 2. The van der Waals surface area contributed by atoms with Crippen LogP contribution in [-0.2, 0) is 24.7 Å². The third-order valence-corrected chi connectivity index (χ3v) is 15.2. The van der Waals surface area contributed by atoms with E-state index < -0.39 is 19.8 Å². The fraction of sp³-hybridized carbons (Fsp3) is 0.395. The second-order valence-electron chi connectivity index (χ2n) is 13.6. The molecule has 3 aromatic rings. The highest BCUT2D eigenvalue weighted by Crippen LogP contribution is 2.60. The Kier molecular flexibility index (Phi) is 9.35. The molecule has 3 heterocycles. The zero-order valence-corrected chi connectivity index (χ0v) is 29.2. The predicted molar refractivity (Wildman–Crippen MR) is 190 cm³/mol. The van der Waals surface area contributed by atoms with Crippen LogP contribution in [-0.4, -0.2) is 75.3 Å². The summed E-state index contributed by atoms with van der Waals surface area (Å²) in [7, 11) is -0.835. The number of hydrogen-bond donors (Lipinski definition) is 1. The summed E-state index contributed by atoms with van der Waals surface area (Å²) in [5, 5.41) is 11.2. The maximum atomic E-state index is 14.8. The van der Waals surface area contributed by atoms with Crippen LogP contribution in [0.2, 0.25) is 18.6 Å². The van der Waals surface area contributed by atoms with E-state index in [1.54, 1.807) is 27.9 Å². The lowest BCUT2D eigenvalue weighted by Gasteiger charge is -2.37. The molecule has 0 saturated carbocycles. The Morgan fingerprint density at radius 1 is 1.12 bits per heavy atom. The van der Waals surface area contributed by atoms with Gasteiger partial charge in [0.15, 0.2) is 5.60 Å². The average Bonchev–Trinajstić information content (AvgIpc) is 3.76. The van der Waals surface area contributed by atoms with Gasteiger partial charge in [0, 0.05) is 35.9 Å². The summed E-state index contributed by atoms with van der Waals surface area (Å²) >= 11 is 0. The lowest BCUT2D eigenvalue weighted by molar-refractivity contribution is -0.149. The Morgan fingerprint density at radius 3 is 2.50 bits per heavy atom. The molecule has 10 heteroatoms. The molecule has 9 nitrogen and oxygen atoms in total. The van der Waals surface area contributed by atoms with Gasteiger partial charge in [-0.05, 0) is 60.8 Å². The van der Waals surface area contributed by atoms with Crippen molar-refractivity contribution in [2.24, 2.45) is 5.92 Å². The van der Waals surface area contributed by atoms with E-state index in [-0.39, 0.29) is 42.3 Å². The fourth-order valence-electron chi connectivity index (χ4n) is 8.46. The van der Waals surface area contributed by atoms with Gasteiger partial charge in [0.25, 0.3) is 5.91 Å². The van der Waals surface area contributed by atoms with Crippen LogP contribution < -0.4 is 19.7 Å². The Bertz CT molecular complexity index is 1680. The van der Waals surface area contributed by atoms with Gasteiger partial charge in [0.2, 0.25) is 12.3 Å². The van der Waals surface area contributed by atoms with E-state index >= 15 is 0 Å². The van der Waals surface area contributed by atoms with Crippen LogP contribution >= 0.6 is 0 Å². The van der Waals surface area contributed by atoms with Crippen molar-refractivity contribution in [2.75, 3.05) is 36.6 Å². The number of fused-ring (bicyclic) bond motifs is 2. The van der Waals surface area contributed by atoms with Crippen molar-refractivity contribution < 1.29 is 29.0 Å². The number of amides is 3. The number of para-hydroxylation sites is 1. The number of rotatable bonds is 11. The Hall–Kier alpha value is -4.25. The quantitative estimate of drug-likeness (QED) is 0.173. The van der Waals surface area contributed by atoms with E-state index in [1.165, 1.54) is 5.19 Å². The van der Waals surface area contributed by atoms with Crippen LogP contribution in [0.5, 0.6) is 5.75 Å². The molecule has 3 amide bonds. The van der Waals surface area contributed by atoms with Crippen molar-refractivity contribution >= 4 is 48.5 Å². The molecule has 1 N–H and O–H groups in total. The summed E-state index contributed by atoms with van der Waals surface area (Å²) in [6.45, 7) is 11.4. The number of benzene rings is 3. The second-order valence-corrected chi connectivity index (χ2v) is 18.3. The van der Waals surface area contributed by atoms with Crippen molar-refractivity contribution in [1.82, 2.24) is 4.90 Å². The Morgan fingerprint density at radius 2 is 1.85 bits per heavy atom. The summed E-state index contributed by atoms with van der Waals surface area (Å²) in [6.07, 6.45) is 3.64. The first kappa shape index (κ1) is 33.6. The molecule has 3 aliphatic heterocycles. The maximum Gasteiger partial charge on any atom is 0.264 e. The van der Waals surface area contributed by atoms with Crippen molar-refractivity contribution in [3.05, 3.63) is 91.0 Å². The molecule has 0 aromatic heterocycles. The third-order valence-electron chi connectivity index (χ3n) is 10.8. The maximum absolute atomic E-state index is 14.8. The van der Waals surface area contributed by atoms with Crippen LogP contribution in [0.1, 0.15) is 31.7 Å². The molecule has 1 spiro atoms. The first-order valence-corrected chi connectivity index (χ1v) is 19.8. The molecule has 6 rings (SSSR count). The van der Waals surface area contributed by atoms with E-state index in [4.69, 9.17) is 9.47 Å². The number of methoxy groups -OCH3 is 1. The summed E-state index contributed by atoms with van der Waals surface area (Å²) < 4.78 is 12.6. The fourth-order valence-corrected chi connectivity index (χ4v) is 12.5. The molecular weight excluding hydrogens is 623 g/mol. The summed E-state index contributed by atoms with van der Waals surface area (Å²) in [5.41, 5.74) is 1.20. The van der Waals surface area contributed by atoms with Crippen molar-refractivity contribution in [2.45, 2.75) is 62.6 Å². The van der Waals surface area contributed by atoms with Crippen molar-refractivity contribution in [3.63, 3.8) is 0 Å². The largest absolute Gasteiger partial charge is 0.497 e. The standard InChI is InChI=1S/C38H45N3O6Si/c1-6-20-40-33-19-14-28(41(25-43)27-11-8-7-9-12-27)22-32(33)38(37(40)45)26(2)36(48(4,5)31-17-15-30(46-3)16-18-31)34(47-38)23-35(44)39-21-10-13-29(39)24-42/h6-9,11-12,14-19,22,25-26,29,34,36,42H,1,10,13,20-21,23-24H2,2-5H3/t26-,29-,34+,36-,38+/m0/s1. The normalized spacial score (nSPS) is 25.0. The van der Waals surface area contributed by atoms with Gasteiger partial charge in [-0.1, -0.05) is 61.6 Å². The van der Waals surface area contributed by atoms with Gasteiger partial charge in [-0.15, -0.1) is 6.58 Å². The van der Waals surface area contributed by atoms with Gasteiger partial charge >= 0.3 is 0 Å². The Balaban J connectivity index is 1.49. The van der Waals surface area contributed by atoms with Crippen LogP contribution in [0.25, 0.3) is 0 Å². The molecule has 0 aliphatic carbocycles. The highest BCUT2D eigenvalue weighted by molar-refractivity contribution is 6.91. The Labute approximate surface area is 283 Å². The van der Waals surface area contributed by atoms with Crippen LogP contribution in [0, 0.1) is 5.92 Å². The zero-order chi connectivity index (χ0) is 34.2. The highest BCUT2D eigenvalue weighted by atomic mass is 28.3. The highest BCUT2D eigenvalue weighted by Gasteiger charge is 2.66. The molecule has 5 atom stereocenters. The van der Waals surface area contributed by atoms with Gasteiger partial charge in [0.05, 0.1) is 46.0 Å². The summed E-state index contributed by atoms with van der Waals surface area (Å²) in [4.78, 5) is 46.4. The summed E-state index contributed by atoms with van der Waals surface area (Å²) in [5.74, 6) is 0.193. The van der Waals surface area contributed by atoms with E-state index in [1.807, 2.05) is 60.7 Å². The topological polar surface area (TPSA) is 99.6 Å². The number of hydrogen-bond acceptors (Lipinski definition) is 6. The molecule has 2 saturated heterocycles. The molecule has 0 radical (unpaired) electrons. The lowest BCUT2D eigenvalue weighted by atomic mass is 9.82. The molecule has 2 fully saturated rings. The van der Waals surface area contributed by atoms with Crippen molar-refractivity contribution in [1.29, 1.82) is 0 Å². The summed E-state index contributed by atoms with van der Waals surface area (Å²) in [6, 6.07) is 22.9. The number of anilines is 3. The van der Waals surface area contributed by atoms with Gasteiger partial charge < -0.3 is 24.4 Å². The number of likely N-dealkylation sites (tertiary alicyclic amines) is 1. The molecule has 0 bridgehead atoms. The first-order chi connectivity index (χ1) is 23.1. The molecule has 3 aromatic carbocycles. The van der Waals surface area contributed by atoms with Crippen LogP contribution in [0.4, 0.5) is 17.1 Å². The lowest BCUT2D eigenvalue weighted by Crippen LogP contribution is -2.52. The van der Waals surface area contributed by atoms with Crippen LogP contribution in [0.3, 0.4) is 0 Å². The minimum atomic E-state index is -2.48. The van der Waals surface area contributed by atoms with Crippen LogP contribution in [0.15, 0.2) is 85.5 Å². The number of carbonyl (C=O) groups excluding carboxylic acids is 3. The minimum Gasteiger partial charge on any atom is -0.497 e. The number of nitrogens with zero attached hydrogens (tertiary/aromatic N) is 3. The first-order valence-electron chi connectivity index (χ1n) is 16.7. The molecule has 0 unspecified atom stereocenters. The van der Waals surface area contributed by atoms with Gasteiger partial charge in [-0.3, -0.25) is 19.3 Å². The second kappa shape index (κ2) is 13.3. The van der Waals surface area contributed by atoms with Gasteiger partial charge in [-0.25, -0.2) is 0 Å². The molecular formula is C38H45N3O6Si. The predicted octanol–water partition coefficient (Wildman–Crippen LogP) is 5.11. The number of aliphatic hydroxyl groups is 1. The minimum absolute atomic E-state index is 0.0658. The van der Waals surface area contributed by atoms with E-state index in [0.29, 0.717) is 35.7 Å². The number of aliphatic hydroxyl groups excluding tert-OH is 1. The van der Waals surface area contributed by atoms with E-state index in [9.17, 15) is 19.5 Å². The number of carbonyl (C=O) groups is 3. The van der Waals surface area contributed by atoms with E-state index in [0.717, 1.165) is 25.0 Å². The third kappa shape index (κ3) is 5.45.